The molecule has 3 N–H and O–H groups in total. The molecule has 0 fully saturated rings. The second-order valence-electron chi connectivity index (χ2n) is 3.93. The highest BCUT2D eigenvalue weighted by Crippen LogP contribution is 2.18. The number of aromatic nitrogens is 2. The van der Waals surface area contributed by atoms with Crippen LogP contribution in [0.15, 0.2) is 17.0 Å². The van der Waals surface area contributed by atoms with E-state index in [-0.39, 0.29) is 18.0 Å². The van der Waals surface area contributed by atoms with Gasteiger partial charge in [0.1, 0.15) is 15.7 Å². The number of nitrogens with two attached hydrogens (primary N) is 1. The van der Waals surface area contributed by atoms with Gasteiger partial charge >= 0.3 is 0 Å². The molecule has 2 atom stereocenters. The summed E-state index contributed by atoms with van der Waals surface area (Å²) in [5.74, 6) is -0.194. The summed E-state index contributed by atoms with van der Waals surface area (Å²) < 4.78 is 0. The zero-order valence-electron chi connectivity index (χ0n) is 10.1. The summed E-state index contributed by atoms with van der Waals surface area (Å²) in [5.41, 5.74) is 6.13. The molecule has 0 aliphatic carbocycles. The van der Waals surface area contributed by atoms with Crippen molar-refractivity contribution < 1.29 is 4.79 Å². The topological polar surface area (TPSA) is 80.9 Å². The zero-order chi connectivity index (χ0) is 13.1. The summed E-state index contributed by atoms with van der Waals surface area (Å²) in [5, 5.41) is 8.12. The monoisotopic (exact) mass is 282 g/mol. The number of amides is 1. The maximum absolute atomic E-state index is 12.0. The van der Waals surface area contributed by atoms with Crippen LogP contribution in [0.5, 0.6) is 0 Å². The Morgan fingerprint density at radius 2 is 2.17 bits per heavy atom. The van der Waals surface area contributed by atoms with E-state index in [2.05, 4.69) is 15.3 Å². The van der Waals surface area contributed by atoms with Crippen molar-refractivity contribution in [1.82, 2.24) is 15.3 Å². The van der Waals surface area contributed by atoms with E-state index in [1.54, 1.807) is 11.6 Å². The van der Waals surface area contributed by atoms with Crippen molar-refractivity contribution >= 4 is 28.6 Å². The van der Waals surface area contributed by atoms with E-state index < -0.39 is 0 Å². The molecule has 0 aliphatic heterocycles. The highest BCUT2D eigenvalue weighted by atomic mass is 32.1. The zero-order valence-corrected chi connectivity index (χ0v) is 11.7. The van der Waals surface area contributed by atoms with Gasteiger partial charge in [0.25, 0.3) is 5.91 Å². The third kappa shape index (κ3) is 2.92. The van der Waals surface area contributed by atoms with Gasteiger partial charge in [-0.2, -0.15) is 0 Å². The second-order valence-corrected chi connectivity index (χ2v) is 5.74. The van der Waals surface area contributed by atoms with Crippen molar-refractivity contribution in [2.75, 3.05) is 0 Å². The average molecular weight is 282 g/mol. The fourth-order valence-electron chi connectivity index (χ4n) is 1.38. The molecule has 2 aromatic heterocycles. The van der Waals surface area contributed by atoms with Crippen LogP contribution in [0.3, 0.4) is 0 Å². The minimum Gasteiger partial charge on any atom is -0.342 e. The van der Waals surface area contributed by atoms with Gasteiger partial charge in [0.2, 0.25) is 0 Å². The molecule has 96 valence electrons. The molecule has 0 aliphatic rings. The summed E-state index contributed by atoms with van der Waals surface area (Å²) >= 11 is 2.92. The standard InChI is InChI=1S/C11H14N4OS2/c1-6(12)10-15-8(5-18-10)9(16)14-7(2)11-13-3-4-17-11/h3-7H,12H2,1-2H3,(H,14,16). The summed E-state index contributed by atoms with van der Waals surface area (Å²) in [6.45, 7) is 3.74. The molecule has 2 rings (SSSR count). The minimum atomic E-state index is -0.194. The van der Waals surface area contributed by atoms with Gasteiger partial charge in [-0.15, -0.1) is 22.7 Å². The summed E-state index contributed by atoms with van der Waals surface area (Å²) in [6, 6.07) is -0.258. The van der Waals surface area contributed by atoms with Crippen molar-refractivity contribution in [3.05, 3.63) is 32.7 Å². The summed E-state index contributed by atoms with van der Waals surface area (Å²) in [6.07, 6.45) is 1.72. The number of thiazole rings is 2. The van der Waals surface area contributed by atoms with Gasteiger partial charge in [-0.25, -0.2) is 9.97 Å². The Hall–Kier alpha value is -1.31. The van der Waals surface area contributed by atoms with Crippen LogP contribution in [-0.2, 0) is 0 Å². The molecule has 0 saturated heterocycles. The van der Waals surface area contributed by atoms with Crippen molar-refractivity contribution in [3.8, 4) is 0 Å². The first-order chi connectivity index (χ1) is 8.58. The van der Waals surface area contributed by atoms with Gasteiger partial charge in [0, 0.05) is 17.0 Å². The van der Waals surface area contributed by atoms with Gasteiger partial charge in [-0.3, -0.25) is 4.79 Å². The van der Waals surface area contributed by atoms with Crippen LogP contribution in [0.1, 0.15) is 46.4 Å². The van der Waals surface area contributed by atoms with E-state index in [0.29, 0.717) is 5.69 Å². The van der Waals surface area contributed by atoms with Crippen LogP contribution in [0, 0.1) is 0 Å². The van der Waals surface area contributed by atoms with Gasteiger partial charge in [0.05, 0.1) is 12.1 Å². The molecular formula is C11H14N4OS2. The Bertz CT molecular complexity index is 521. The first-order valence-corrected chi connectivity index (χ1v) is 7.25. The highest BCUT2D eigenvalue weighted by Gasteiger charge is 2.16. The van der Waals surface area contributed by atoms with Gasteiger partial charge in [-0.1, -0.05) is 0 Å². The molecule has 5 nitrogen and oxygen atoms in total. The molecule has 1 amide bonds. The third-order valence-electron chi connectivity index (χ3n) is 2.31. The smallest absolute Gasteiger partial charge is 0.271 e. The first-order valence-electron chi connectivity index (χ1n) is 5.49. The van der Waals surface area contributed by atoms with Crippen molar-refractivity contribution in [2.24, 2.45) is 5.73 Å². The molecule has 7 heteroatoms. The molecule has 2 aromatic rings. The molecule has 2 heterocycles. The molecule has 0 saturated carbocycles. The van der Waals surface area contributed by atoms with Crippen LogP contribution in [0.2, 0.25) is 0 Å². The number of rotatable bonds is 4. The Kier molecular flexibility index (Phi) is 4.05. The van der Waals surface area contributed by atoms with Crippen LogP contribution in [-0.4, -0.2) is 15.9 Å². The lowest BCUT2D eigenvalue weighted by Crippen LogP contribution is -2.26. The number of nitrogens with zero attached hydrogens (tertiary/aromatic N) is 2. The average Bonchev–Trinajstić information content (AvgIpc) is 3.00. The van der Waals surface area contributed by atoms with E-state index in [0.717, 1.165) is 10.0 Å². The van der Waals surface area contributed by atoms with Gasteiger partial charge in [-0.05, 0) is 13.8 Å². The van der Waals surface area contributed by atoms with E-state index in [1.807, 2.05) is 19.2 Å². The molecule has 2 unspecified atom stereocenters. The molecule has 0 aromatic carbocycles. The Balaban J connectivity index is 2.03. The molecule has 0 bridgehead atoms. The van der Waals surface area contributed by atoms with E-state index in [9.17, 15) is 4.79 Å². The van der Waals surface area contributed by atoms with E-state index in [4.69, 9.17) is 5.73 Å². The fraction of sp³-hybridized carbons (Fsp3) is 0.364. The number of hydrogen-bond donors (Lipinski definition) is 2. The van der Waals surface area contributed by atoms with Gasteiger partial charge < -0.3 is 11.1 Å². The normalized spacial score (nSPS) is 14.2. The minimum absolute atomic E-state index is 0.113. The Labute approximate surface area is 113 Å². The first kappa shape index (κ1) is 13.1. The third-order valence-corrected chi connectivity index (χ3v) is 4.32. The second kappa shape index (κ2) is 5.55. The Morgan fingerprint density at radius 1 is 1.39 bits per heavy atom. The quantitative estimate of drug-likeness (QED) is 0.900. The van der Waals surface area contributed by atoms with Crippen molar-refractivity contribution in [3.63, 3.8) is 0 Å². The largest absolute Gasteiger partial charge is 0.342 e. The van der Waals surface area contributed by atoms with Crippen LogP contribution < -0.4 is 11.1 Å². The molecule has 18 heavy (non-hydrogen) atoms. The van der Waals surface area contributed by atoms with Crippen molar-refractivity contribution in [1.29, 1.82) is 0 Å². The van der Waals surface area contributed by atoms with Crippen LogP contribution in [0.4, 0.5) is 0 Å². The number of hydrogen-bond acceptors (Lipinski definition) is 6. The van der Waals surface area contributed by atoms with Crippen molar-refractivity contribution in [2.45, 2.75) is 25.9 Å². The number of carbonyl (C=O) groups excluding carboxylic acids is 1. The van der Waals surface area contributed by atoms with E-state index in [1.165, 1.54) is 22.7 Å². The number of nitrogens with one attached hydrogen (secondary N) is 1. The molecule has 0 radical (unpaired) electrons. The van der Waals surface area contributed by atoms with Crippen LogP contribution >= 0.6 is 22.7 Å². The summed E-state index contributed by atoms with van der Waals surface area (Å²) in [4.78, 5) is 20.3. The highest BCUT2D eigenvalue weighted by molar-refractivity contribution is 7.10. The predicted molar refractivity (Wildman–Crippen MR) is 72.7 cm³/mol. The van der Waals surface area contributed by atoms with Crippen LogP contribution in [0.25, 0.3) is 0 Å². The lowest BCUT2D eigenvalue weighted by molar-refractivity contribution is 0.0935. The molecular weight excluding hydrogens is 268 g/mol. The Morgan fingerprint density at radius 3 is 2.72 bits per heavy atom. The maximum Gasteiger partial charge on any atom is 0.271 e. The SMILES string of the molecule is CC(N)c1nc(C(=O)NC(C)c2nccs2)cs1. The lowest BCUT2D eigenvalue weighted by atomic mass is 10.3. The molecule has 0 spiro atoms. The fourth-order valence-corrected chi connectivity index (χ4v) is 2.79. The number of carbonyl (C=O) groups is 1. The lowest BCUT2D eigenvalue weighted by Gasteiger charge is -2.09. The van der Waals surface area contributed by atoms with E-state index >= 15 is 0 Å². The van der Waals surface area contributed by atoms with Gasteiger partial charge in [0.15, 0.2) is 0 Å². The maximum atomic E-state index is 12.0. The predicted octanol–water partition coefficient (Wildman–Crippen LogP) is 2.11. The summed E-state index contributed by atoms with van der Waals surface area (Å²) in [7, 11) is 0.